The van der Waals surface area contributed by atoms with Crippen LogP contribution in [0, 0.1) is 0 Å². The van der Waals surface area contributed by atoms with Crippen LogP contribution in [0.15, 0.2) is 35.2 Å². The molecule has 0 unspecified atom stereocenters. The lowest BCUT2D eigenvalue weighted by Crippen LogP contribution is -2.37. The number of carbonyl (C=O) groups excluding carboxylic acids is 2. The third-order valence-corrected chi connectivity index (χ3v) is 6.57. The standard InChI is InChI=1S/C24H31NO8S/c1-5-18-19(14-22(28)25(10-12-32-2)11-13-33-3)23(21(27)15-20(18)26)24(29)16-6-8-17(9-7-16)34(4,30)31/h6-9,15,26-27H,5,10-14H2,1-4H3. The molecule has 186 valence electrons. The predicted molar refractivity (Wildman–Crippen MR) is 126 cm³/mol. The number of phenols is 2. The van der Waals surface area contributed by atoms with Crippen molar-refractivity contribution in [3.63, 3.8) is 0 Å². The molecule has 34 heavy (non-hydrogen) atoms. The molecule has 9 nitrogen and oxygen atoms in total. The Balaban J connectivity index is 2.53. The lowest BCUT2D eigenvalue weighted by Gasteiger charge is -2.24. The average molecular weight is 494 g/mol. The van der Waals surface area contributed by atoms with Gasteiger partial charge >= 0.3 is 0 Å². The maximum Gasteiger partial charge on any atom is 0.227 e. The summed E-state index contributed by atoms with van der Waals surface area (Å²) in [6, 6.07) is 6.40. The number of sulfone groups is 1. The minimum absolute atomic E-state index is 0.0514. The molecule has 0 saturated carbocycles. The maximum atomic E-state index is 13.4. The van der Waals surface area contributed by atoms with Crippen molar-refractivity contribution < 1.29 is 37.7 Å². The van der Waals surface area contributed by atoms with Crippen LogP contribution in [0.5, 0.6) is 11.5 Å². The summed E-state index contributed by atoms with van der Waals surface area (Å²) in [7, 11) is -0.406. The Morgan fingerprint density at radius 3 is 1.97 bits per heavy atom. The molecule has 2 rings (SSSR count). The SMILES string of the molecule is CCc1c(O)cc(O)c(C(=O)c2ccc(S(C)(=O)=O)cc2)c1CC(=O)N(CCOC)CCOC. The van der Waals surface area contributed by atoms with Crippen molar-refractivity contribution in [3.8, 4) is 11.5 Å². The van der Waals surface area contributed by atoms with E-state index in [4.69, 9.17) is 9.47 Å². The highest BCUT2D eigenvalue weighted by atomic mass is 32.2. The fraction of sp³-hybridized carbons (Fsp3) is 0.417. The number of amides is 1. The predicted octanol–water partition coefficient (Wildman–Crippen LogP) is 1.96. The summed E-state index contributed by atoms with van der Waals surface area (Å²) in [4.78, 5) is 28.1. The average Bonchev–Trinajstić information content (AvgIpc) is 2.78. The van der Waals surface area contributed by atoms with E-state index >= 15 is 0 Å². The largest absolute Gasteiger partial charge is 0.508 e. The third-order valence-electron chi connectivity index (χ3n) is 5.44. The van der Waals surface area contributed by atoms with Gasteiger partial charge in [0.1, 0.15) is 11.5 Å². The van der Waals surface area contributed by atoms with E-state index in [9.17, 15) is 28.2 Å². The zero-order valence-electron chi connectivity index (χ0n) is 19.8. The van der Waals surface area contributed by atoms with Gasteiger partial charge < -0.3 is 24.6 Å². The molecule has 0 saturated heterocycles. The van der Waals surface area contributed by atoms with Crippen LogP contribution in [0.4, 0.5) is 0 Å². The van der Waals surface area contributed by atoms with Crippen LogP contribution in [0.3, 0.4) is 0 Å². The Labute approximate surface area is 199 Å². The molecule has 0 aliphatic rings. The highest BCUT2D eigenvalue weighted by molar-refractivity contribution is 7.90. The van der Waals surface area contributed by atoms with Crippen LogP contribution in [0.1, 0.15) is 34.0 Å². The zero-order valence-corrected chi connectivity index (χ0v) is 20.6. The lowest BCUT2D eigenvalue weighted by molar-refractivity contribution is -0.131. The topological polar surface area (TPSA) is 130 Å². The van der Waals surface area contributed by atoms with Crippen LogP contribution >= 0.6 is 0 Å². The van der Waals surface area contributed by atoms with E-state index in [0.717, 1.165) is 12.3 Å². The van der Waals surface area contributed by atoms with Crippen LogP contribution < -0.4 is 0 Å². The first kappa shape index (κ1) is 27.3. The first-order chi connectivity index (χ1) is 16.0. The summed E-state index contributed by atoms with van der Waals surface area (Å²) in [6.45, 7) is 2.99. The van der Waals surface area contributed by atoms with Gasteiger partial charge in [0.25, 0.3) is 0 Å². The molecular weight excluding hydrogens is 462 g/mol. The summed E-state index contributed by atoms with van der Waals surface area (Å²) in [5.74, 6) is -1.59. The number of carbonyl (C=O) groups is 2. The summed E-state index contributed by atoms with van der Waals surface area (Å²) < 4.78 is 33.6. The lowest BCUT2D eigenvalue weighted by atomic mass is 9.89. The van der Waals surface area contributed by atoms with Crippen molar-refractivity contribution in [3.05, 3.63) is 52.6 Å². The first-order valence-corrected chi connectivity index (χ1v) is 12.6. The highest BCUT2D eigenvalue weighted by Gasteiger charge is 2.26. The summed E-state index contributed by atoms with van der Waals surface area (Å²) in [5, 5.41) is 21.0. The van der Waals surface area contributed by atoms with Crippen LogP contribution in [0.2, 0.25) is 0 Å². The number of methoxy groups -OCH3 is 2. The van der Waals surface area contributed by atoms with E-state index in [0.29, 0.717) is 38.3 Å². The monoisotopic (exact) mass is 493 g/mol. The Morgan fingerprint density at radius 1 is 0.941 bits per heavy atom. The summed E-state index contributed by atoms with van der Waals surface area (Å²) in [5.41, 5.74) is 0.635. The highest BCUT2D eigenvalue weighted by Crippen LogP contribution is 2.35. The van der Waals surface area contributed by atoms with Gasteiger partial charge in [0.2, 0.25) is 5.91 Å². The van der Waals surface area contributed by atoms with Crippen LogP contribution in [-0.4, -0.2) is 82.0 Å². The Morgan fingerprint density at radius 2 is 1.50 bits per heavy atom. The van der Waals surface area contributed by atoms with Crippen molar-refractivity contribution in [2.45, 2.75) is 24.7 Å². The van der Waals surface area contributed by atoms with Gasteiger partial charge in [0.15, 0.2) is 15.6 Å². The normalized spacial score (nSPS) is 11.4. The number of nitrogens with zero attached hydrogens (tertiary/aromatic N) is 1. The number of phenolic OH excluding ortho intramolecular Hbond substituents is 2. The van der Waals surface area contributed by atoms with E-state index in [-0.39, 0.29) is 39.7 Å². The second-order valence-electron chi connectivity index (χ2n) is 7.77. The van der Waals surface area contributed by atoms with Crippen LogP contribution in [-0.2, 0) is 36.9 Å². The number of ketones is 1. The number of ether oxygens (including phenoxy) is 2. The number of hydrogen-bond donors (Lipinski definition) is 2. The smallest absolute Gasteiger partial charge is 0.227 e. The number of aromatic hydroxyl groups is 2. The Bertz CT molecular complexity index is 1120. The van der Waals surface area contributed by atoms with Gasteiger partial charge in [-0.2, -0.15) is 0 Å². The van der Waals surface area contributed by atoms with Crippen molar-refractivity contribution >= 4 is 21.5 Å². The summed E-state index contributed by atoms with van der Waals surface area (Å²) >= 11 is 0. The number of benzene rings is 2. The van der Waals surface area contributed by atoms with Crippen LogP contribution in [0.25, 0.3) is 0 Å². The molecule has 0 fully saturated rings. The molecular formula is C24H31NO8S. The molecule has 1 amide bonds. The Kier molecular flexibility index (Phi) is 9.60. The van der Waals surface area contributed by atoms with E-state index < -0.39 is 21.4 Å². The van der Waals surface area contributed by atoms with Crippen molar-refractivity contribution in [2.24, 2.45) is 0 Å². The second-order valence-corrected chi connectivity index (χ2v) is 9.79. The van der Waals surface area contributed by atoms with Gasteiger partial charge in [0.05, 0.1) is 30.1 Å². The van der Waals surface area contributed by atoms with Gasteiger partial charge in [-0.15, -0.1) is 0 Å². The van der Waals surface area contributed by atoms with Gasteiger partial charge in [-0.25, -0.2) is 8.42 Å². The van der Waals surface area contributed by atoms with Gasteiger partial charge in [-0.05, 0) is 41.8 Å². The van der Waals surface area contributed by atoms with Gasteiger partial charge in [-0.3, -0.25) is 9.59 Å². The maximum absolute atomic E-state index is 13.4. The van der Waals surface area contributed by atoms with E-state index in [1.807, 2.05) is 0 Å². The van der Waals surface area contributed by atoms with Gasteiger partial charge in [0, 0.05) is 45.2 Å². The molecule has 0 aliphatic carbocycles. The molecule has 0 radical (unpaired) electrons. The molecule has 0 aliphatic heterocycles. The number of rotatable bonds is 12. The first-order valence-electron chi connectivity index (χ1n) is 10.7. The molecule has 10 heteroatoms. The molecule has 2 aromatic rings. The van der Waals surface area contributed by atoms with Crippen molar-refractivity contribution in [1.29, 1.82) is 0 Å². The molecule has 2 N–H and O–H groups in total. The fourth-order valence-electron chi connectivity index (χ4n) is 3.62. The zero-order chi connectivity index (χ0) is 25.5. The van der Waals surface area contributed by atoms with E-state index in [1.165, 1.54) is 43.4 Å². The molecule has 0 atom stereocenters. The van der Waals surface area contributed by atoms with E-state index in [1.54, 1.807) is 6.92 Å². The Hall–Kier alpha value is -2.95. The van der Waals surface area contributed by atoms with E-state index in [2.05, 4.69) is 0 Å². The van der Waals surface area contributed by atoms with Gasteiger partial charge in [-0.1, -0.05) is 6.92 Å². The summed E-state index contributed by atoms with van der Waals surface area (Å²) in [6.07, 6.45) is 1.14. The second kappa shape index (κ2) is 12.0. The number of hydrogen-bond acceptors (Lipinski definition) is 8. The van der Waals surface area contributed by atoms with Crippen molar-refractivity contribution in [1.82, 2.24) is 4.90 Å². The third kappa shape index (κ3) is 6.55. The minimum Gasteiger partial charge on any atom is -0.508 e. The van der Waals surface area contributed by atoms with Crippen molar-refractivity contribution in [2.75, 3.05) is 46.8 Å². The molecule has 0 bridgehead atoms. The molecule has 0 heterocycles. The molecule has 0 aromatic heterocycles. The fourth-order valence-corrected chi connectivity index (χ4v) is 4.25. The molecule has 0 spiro atoms. The quantitative estimate of drug-likeness (QED) is 0.429. The molecule has 2 aromatic carbocycles. The minimum atomic E-state index is -3.45.